The Balaban J connectivity index is 2.51. The first-order valence-electron chi connectivity index (χ1n) is 2.83. The van der Waals surface area contributed by atoms with Gasteiger partial charge in [0, 0.05) is 26.7 Å². The lowest BCUT2D eigenvalue weighted by atomic mass is 9.97. The molecule has 2 nitrogen and oxygen atoms in total. The number of Topliss-reactive ketones (excluding diaryl/α,β-unsaturated/α-hetero) is 1. The third kappa shape index (κ3) is 1.79. The van der Waals surface area contributed by atoms with Crippen molar-refractivity contribution in [1.29, 1.82) is 0 Å². The summed E-state index contributed by atoms with van der Waals surface area (Å²) in [5, 5.41) is 0. The molecule has 0 aliphatic carbocycles. The average molecular weight is 124 g/mol. The summed E-state index contributed by atoms with van der Waals surface area (Å²) in [5.41, 5.74) is -1.20. The lowest BCUT2D eigenvalue weighted by molar-refractivity contribution is -0.130. The Morgan fingerprint density at radius 3 is 2.56 bits per heavy atom. The van der Waals surface area contributed by atoms with Crippen LogP contribution in [0, 0.1) is 13.8 Å². The van der Waals surface area contributed by atoms with Gasteiger partial charge in [0.25, 0.3) is 0 Å². The zero-order valence-electron chi connectivity index (χ0n) is 5.09. The van der Waals surface area contributed by atoms with Crippen molar-refractivity contribution in [2.75, 3.05) is 6.61 Å². The molecule has 0 saturated carbocycles. The van der Waals surface area contributed by atoms with E-state index in [1.54, 1.807) is 0 Å². The van der Waals surface area contributed by atoms with Gasteiger partial charge < -0.3 is 4.74 Å². The predicted molar refractivity (Wildman–Crippen MR) is 31.5 cm³/mol. The second-order valence-electron chi connectivity index (χ2n) is 2.27. The van der Waals surface area contributed by atoms with Crippen molar-refractivity contribution < 1.29 is 9.53 Å². The van der Waals surface area contributed by atoms with E-state index in [1.165, 1.54) is 0 Å². The molecule has 1 rings (SSSR count). The highest BCUT2D eigenvalue weighted by atomic mass is 16.5. The van der Waals surface area contributed by atoms with Crippen molar-refractivity contribution in [2.45, 2.75) is 18.4 Å². The summed E-state index contributed by atoms with van der Waals surface area (Å²) in [5.74, 6) is 0.0752. The Hall–Kier alpha value is -0.370. The van der Waals surface area contributed by atoms with Crippen LogP contribution in [0.2, 0.25) is 0 Å². The number of carbonyl (C=O) groups excluding carboxylic acids is 1. The number of ether oxygens (including phenoxy) is 1. The van der Waals surface area contributed by atoms with Crippen LogP contribution in [-0.4, -0.2) is 18.0 Å². The molecule has 2 heteroatoms. The van der Waals surface area contributed by atoms with E-state index in [4.69, 9.17) is 18.6 Å². The van der Waals surface area contributed by atoms with Gasteiger partial charge in [0.15, 0.2) is 0 Å². The number of hydrogen-bond acceptors (Lipinski definition) is 2. The van der Waals surface area contributed by atoms with Crippen LogP contribution in [-0.2, 0) is 9.53 Å². The van der Waals surface area contributed by atoms with Crippen LogP contribution in [0.25, 0.3) is 0 Å². The quantitative estimate of drug-likeness (QED) is 0.470. The fraction of sp³-hybridized carbons (Fsp3) is 0.571. The van der Waals surface area contributed by atoms with E-state index in [2.05, 4.69) is 0 Å². The molecule has 9 heavy (non-hydrogen) atoms. The van der Waals surface area contributed by atoms with E-state index in [1.807, 2.05) is 0 Å². The van der Waals surface area contributed by atoms with Crippen LogP contribution in [0.3, 0.4) is 0 Å². The molecular formula is C7H8O2. The molecule has 0 amide bonds. The van der Waals surface area contributed by atoms with Crippen molar-refractivity contribution in [2.24, 2.45) is 0 Å². The average Bonchev–Trinajstić information content (AvgIpc) is 1.60. The van der Waals surface area contributed by atoms with Gasteiger partial charge in [-0.2, -0.15) is 0 Å². The molecule has 1 heterocycles. The molecule has 0 unspecified atom stereocenters. The molecular weight excluding hydrogens is 116 g/mol. The van der Waals surface area contributed by atoms with Crippen LogP contribution in [0.5, 0.6) is 0 Å². The van der Waals surface area contributed by atoms with Crippen LogP contribution in [0.1, 0.15) is 12.8 Å². The van der Waals surface area contributed by atoms with E-state index in [9.17, 15) is 4.79 Å². The maximum atomic E-state index is 10.6. The summed E-state index contributed by atoms with van der Waals surface area (Å²) in [6, 6.07) is 0. The molecule has 1 aliphatic rings. The smallest absolute Gasteiger partial charge is 0.138 e. The van der Waals surface area contributed by atoms with Crippen molar-refractivity contribution in [3.05, 3.63) is 13.8 Å². The molecule has 0 aromatic heterocycles. The Morgan fingerprint density at radius 2 is 2.22 bits per heavy atom. The molecule has 4 radical (unpaired) electrons. The summed E-state index contributed by atoms with van der Waals surface area (Å²) in [7, 11) is 0. The van der Waals surface area contributed by atoms with Crippen LogP contribution in [0.15, 0.2) is 0 Å². The highest BCUT2D eigenvalue weighted by Gasteiger charge is 2.27. The molecule has 1 fully saturated rings. The summed E-state index contributed by atoms with van der Waals surface area (Å²) in [4.78, 5) is 10.6. The van der Waals surface area contributed by atoms with Crippen LogP contribution < -0.4 is 0 Å². The van der Waals surface area contributed by atoms with Gasteiger partial charge >= 0.3 is 0 Å². The zero-order valence-corrected chi connectivity index (χ0v) is 5.09. The largest absolute Gasteiger partial charge is 0.373 e. The van der Waals surface area contributed by atoms with E-state index < -0.39 is 5.60 Å². The minimum atomic E-state index is -1.20. The number of ketones is 1. The molecule has 48 valence electrons. The standard InChI is InChI=1S/C7H8O2/c1-7(2)5-6(8)3-4-9-7/h1-2H,3-5H2. The summed E-state index contributed by atoms with van der Waals surface area (Å²) in [6.45, 7) is 11.0. The first-order chi connectivity index (χ1) is 4.10. The van der Waals surface area contributed by atoms with E-state index in [-0.39, 0.29) is 12.2 Å². The second kappa shape index (κ2) is 2.10. The predicted octanol–water partition coefficient (Wildman–Crippen LogP) is 0.527. The maximum absolute atomic E-state index is 10.6. The van der Waals surface area contributed by atoms with Gasteiger partial charge in [-0.25, -0.2) is 0 Å². The Morgan fingerprint density at radius 1 is 1.56 bits per heavy atom. The van der Waals surface area contributed by atoms with Gasteiger partial charge in [-0.3, -0.25) is 4.79 Å². The highest BCUT2D eigenvalue weighted by molar-refractivity contribution is 5.80. The highest BCUT2D eigenvalue weighted by Crippen LogP contribution is 2.19. The van der Waals surface area contributed by atoms with E-state index in [0.717, 1.165) is 0 Å². The second-order valence-corrected chi connectivity index (χ2v) is 2.27. The summed E-state index contributed by atoms with van der Waals surface area (Å²) >= 11 is 0. The van der Waals surface area contributed by atoms with Crippen molar-refractivity contribution in [3.8, 4) is 0 Å². The SMILES string of the molecule is [CH]C1([CH])CC(=O)CCO1. The van der Waals surface area contributed by atoms with Crippen molar-refractivity contribution >= 4 is 5.78 Å². The molecule has 1 aliphatic heterocycles. The van der Waals surface area contributed by atoms with Gasteiger partial charge in [-0.1, -0.05) is 0 Å². The van der Waals surface area contributed by atoms with Crippen LogP contribution in [0.4, 0.5) is 0 Å². The topological polar surface area (TPSA) is 26.3 Å². The lowest BCUT2D eigenvalue weighted by Crippen LogP contribution is -2.34. The van der Waals surface area contributed by atoms with Crippen molar-refractivity contribution in [1.82, 2.24) is 0 Å². The van der Waals surface area contributed by atoms with Gasteiger partial charge in [0.2, 0.25) is 0 Å². The van der Waals surface area contributed by atoms with Crippen molar-refractivity contribution in [3.63, 3.8) is 0 Å². The molecule has 0 aromatic rings. The van der Waals surface area contributed by atoms with E-state index in [0.29, 0.717) is 13.0 Å². The minimum Gasteiger partial charge on any atom is -0.373 e. The van der Waals surface area contributed by atoms with Gasteiger partial charge in [0.1, 0.15) is 5.78 Å². The number of carbonyl (C=O) groups is 1. The Labute approximate surface area is 55.2 Å². The maximum Gasteiger partial charge on any atom is 0.138 e. The first kappa shape index (κ1) is 6.75. The Bertz CT molecular complexity index is 127. The summed E-state index contributed by atoms with van der Waals surface area (Å²) in [6.07, 6.45) is 0.573. The van der Waals surface area contributed by atoms with E-state index >= 15 is 0 Å². The Kier molecular flexibility index (Phi) is 1.58. The number of hydrogen-bond donors (Lipinski definition) is 0. The fourth-order valence-electron chi connectivity index (χ4n) is 0.802. The monoisotopic (exact) mass is 124 g/mol. The lowest BCUT2D eigenvalue weighted by Gasteiger charge is -2.27. The zero-order chi connectivity index (χ0) is 6.91. The van der Waals surface area contributed by atoms with Gasteiger partial charge in [0.05, 0.1) is 12.2 Å². The molecule has 0 bridgehead atoms. The third-order valence-corrected chi connectivity index (χ3v) is 1.23. The fourth-order valence-corrected chi connectivity index (χ4v) is 0.802. The molecule has 0 spiro atoms. The summed E-state index contributed by atoms with van der Waals surface area (Å²) < 4.78 is 4.87. The molecule has 0 aromatic carbocycles. The molecule has 0 atom stereocenters. The minimum absolute atomic E-state index is 0.0752. The van der Waals surface area contributed by atoms with Gasteiger partial charge in [-0.05, 0) is 0 Å². The van der Waals surface area contributed by atoms with Crippen LogP contribution >= 0.6 is 0 Å². The van der Waals surface area contributed by atoms with Gasteiger partial charge in [-0.15, -0.1) is 0 Å². The molecule has 0 N–H and O–H groups in total. The third-order valence-electron chi connectivity index (χ3n) is 1.23. The number of rotatable bonds is 0. The normalized spacial score (nSPS) is 26.2. The molecule has 1 saturated heterocycles. The first-order valence-corrected chi connectivity index (χ1v) is 2.83.